The van der Waals surface area contributed by atoms with Crippen LogP contribution in [0.3, 0.4) is 0 Å². The smallest absolute Gasteiger partial charge is 0.263 e. The highest BCUT2D eigenvalue weighted by molar-refractivity contribution is 5.96. The second-order valence-electron chi connectivity index (χ2n) is 8.46. The topological polar surface area (TPSA) is 84.2 Å². The summed E-state index contributed by atoms with van der Waals surface area (Å²) in [5.74, 6) is 0.343. The number of likely N-dealkylation sites (tertiary alicyclic amines) is 1. The summed E-state index contributed by atoms with van der Waals surface area (Å²) < 4.78 is 1.53. The number of carbonyl (C=O) groups is 1. The first-order chi connectivity index (χ1) is 15.3. The summed E-state index contributed by atoms with van der Waals surface area (Å²) in [5.41, 5.74) is 4.11. The highest BCUT2D eigenvalue weighted by Crippen LogP contribution is 2.37. The van der Waals surface area contributed by atoms with Gasteiger partial charge in [-0.05, 0) is 56.0 Å². The van der Waals surface area contributed by atoms with Gasteiger partial charge in [0.05, 0.1) is 11.7 Å². The average molecular weight is 433 g/mol. The number of aromatic nitrogens is 4. The highest BCUT2D eigenvalue weighted by Gasteiger charge is 2.35. The van der Waals surface area contributed by atoms with Crippen molar-refractivity contribution in [3.05, 3.63) is 69.7 Å². The van der Waals surface area contributed by atoms with E-state index < -0.39 is 0 Å². The summed E-state index contributed by atoms with van der Waals surface area (Å²) in [6.07, 6.45) is 6.90. The van der Waals surface area contributed by atoms with Gasteiger partial charge in [-0.1, -0.05) is 0 Å². The fraction of sp³-hybridized carbons (Fsp3) is 0.375. The molecule has 8 nitrogen and oxygen atoms in total. The molecule has 1 saturated heterocycles. The zero-order valence-electron chi connectivity index (χ0n) is 19.2. The molecular formula is C24H28N6O2. The van der Waals surface area contributed by atoms with Crippen molar-refractivity contribution < 1.29 is 4.79 Å². The summed E-state index contributed by atoms with van der Waals surface area (Å²) in [7, 11) is 5.48. The van der Waals surface area contributed by atoms with Crippen LogP contribution in [0.4, 0.5) is 5.95 Å². The van der Waals surface area contributed by atoms with E-state index in [0.717, 1.165) is 35.4 Å². The summed E-state index contributed by atoms with van der Waals surface area (Å²) in [4.78, 5) is 43.7. The van der Waals surface area contributed by atoms with E-state index in [4.69, 9.17) is 4.98 Å². The van der Waals surface area contributed by atoms with Crippen molar-refractivity contribution in [2.75, 3.05) is 25.5 Å². The molecule has 4 heterocycles. The molecule has 3 aromatic rings. The number of anilines is 1. The van der Waals surface area contributed by atoms with Crippen LogP contribution in [0, 0.1) is 13.8 Å². The van der Waals surface area contributed by atoms with E-state index in [9.17, 15) is 9.59 Å². The van der Waals surface area contributed by atoms with Gasteiger partial charge in [-0.3, -0.25) is 14.6 Å². The predicted octanol–water partition coefficient (Wildman–Crippen LogP) is 2.90. The quantitative estimate of drug-likeness (QED) is 0.630. The Morgan fingerprint density at radius 2 is 1.91 bits per heavy atom. The zero-order valence-corrected chi connectivity index (χ0v) is 19.2. The Balaban J connectivity index is 1.82. The number of pyridine rings is 2. The summed E-state index contributed by atoms with van der Waals surface area (Å²) in [6, 6.07) is 5.48. The maximum Gasteiger partial charge on any atom is 0.263 e. The van der Waals surface area contributed by atoms with E-state index in [2.05, 4.69) is 9.97 Å². The van der Waals surface area contributed by atoms with E-state index in [1.165, 1.54) is 4.57 Å². The van der Waals surface area contributed by atoms with Gasteiger partial charge in [0, 0.05) is 57.5 Å². The summed E-state index contributed by atoms with van der Waals surface area (Å²) in [5, 5.41) is 0. The Morgan fingerprint density at radius 3 is 2.59 bits per heavy atom. The van der Waals surface area contributed by atoms with Crippen LogP contribution in [0.2, 0.25) is 0 Å². The molecular weight excluding hydrogens is 404 g/mol. The van der Waals surface area contributed by atoms with Crippen molar-refractivity contribution in [1.82, 2.24) is 24.4 Å². The lowest BCUT2D eigenvalue weighted by atomic mass is 10.00. The van der Waals surface area contributed by atoms with E-state index >= 15 is 0 Å². The molecule has 1 fully saturated rings. The zero-order chi connectivity index (χ0) is 23.0. The Labute approximate surface area is 187 Å². The van der Waals surface area contributed by atoms with Crippen LogP contribution in [0.15, 0.2) is 41.6 Å². The van der Waals surface area contributed by atoms with E-state index in [-0.39, 0.29) is 23.1 Å². The molecule has 32 heavy (non-hydrogen) atoms. The molecule has 1 amide bonds. The monoisotopic (exact) mass is 432 g/mol. The van der Waals surface area contributed by atoms with Crippen LogP contribution in [-0.2, 0) is 7.05 Å². The van der Waals surface area contributed by atoms with Crippen LogP contribution < -0.4 is 10.5 Å². The van der Waals surface area contributed by atoms with Gasteiger partial charge in [0.25, 0.3) is 11.5 Å². The fourth-order valence-electron chi connectivity index (χ4n) is 4.29. The van der Waals surface area contributed by atoms with Crippen LogP contribution >= 0.6 is 0 Å². The van der Waals surface area contributed by atoms with Crippen molar-refractivity contribution >= 4 is 11.9 Å². The lowest BCUT2D eigenvalue weighted by Gasteiger charge is -2.27. The molecule has 0 N–H and O–H groups in total. The molecule has 4 rings (SSSR count). The average Bonchev–Trinajstić information content (AvgIpc) is 3.27. The molecule has 0 aliphatic carbocycles. The SMILES string of the molecule is Cc1cc(C)n(C)c(=O)c1C(=O)N1CCC[C@@H]1c1nc(N(C)C)ncc1-c1ccncc1. The molecule has 3 aromatic heterocycles. The largest absolute Gasteiger partial charge is 0.347 e. The Kier molecular flexibility index (Phi) is 5.78. The molecule has 0 bridgehead atoms. The van der Waals surface area contributed by atoms with Crippen LogP contribution in [-0.4, -0.2) is 51.0 Å². The van der Waals surface area contributed by atoms with Crippen molar-refractivity contribution in [2.24, 2.45) is 7.05 Å². The third-order valence-electron chi connectivity index (χ3n) is 6.11. The molecule has 1 atom stereocenters. The van der Waals surface area contributed by atoms with Crippen molar-refractivity contribution in [3.8, 4) is 11.1 Å². The van der Waals surface area contributed by atoms with Gasteiger partial charge < -0.3 is 14.4 Å². The number of amides is 1. The maximum atomic E-state index is 13.7. The van der Waals surface area contributed by atoms with Gasteiger partial charge in [0.15, 0.2) is 0 Å². The van der Waals surface area contributed by atoms with E-state index in [0.29, 0.717) is 18.1 Å². The van der Waals surface area contributed by atoms with Crippen LogP contribution in [0.25, 0.3) is 11.1 Å². The molecule has 166 valence electrons. The second-order valence-corrected chi connectivity index (χ2v) is 8.46. The van der Waals surface area contributed by atoms with E-state index in [1.54, 1.807) is 24.3 Å². The summed E-state index contributed by atoms with van der Waals surface area (Å²) >= 11 is 0. The Hall–Kier alpha value is -3.55. The van der Waals surface area contributed by atoms with Gasteiger partial charge in [-0.25, -0.2) is 9.97 Å². The minimum absolute atomic E-state index is 0.234. The Morgan fingerprint density at radius 1 is 1.19 bits per heavy atom. The van der Waals surface area contributed by atoms with Crippen molar-refractivity contribution in [1.29, 1.82) is 0 Å². The first-order valence-electron chi connectivity index (χ1n) is 10.7. The maximum absolute atomic E-state index is 13.7. The molecule has 1 aliphatic heterocycles. The fourth-order valence-corrected chi connectivity index (χ4v) is 4.29. The lowest BCUT2D eigenvalue weighted by molar-refractivity contribution is 0.0730. The molecule has 1 aliphatic rings. The predicted molar refractivity (Wildman–Crippen MR) is 124 cm³/mol. The Bertz CT molecular complexity index is 1220. The number of carbonyl (C=O) groups excluding carboxylic acids is 1. The molecule has 0 unspecified atom stereocenters. The van der Waals surface area contributed by atoms with Crippen molar-refractivity contribution in [3.63, 3.8) is 0 Å². The molecule has 0 radical (unpaired) electrons. The standard InChI is InChI=1S/C24H28N6O2/c1-15-13-16(2)29(5)22(31)20(15)23(32)30-12-6-7-19(30)21-18(17-8-10-25-11-9-17)14-26-24(27-21)28(3)4/h8-11,13-14,19H,6-7,12H2,1-5H3/t19-/m1/s1. The number of hydrogen-bond donors (Lipinski definition) is 0. The van der Waals surface area contributed by atoms with Gasteiger partial charge in [0.2, 0.25) is 5.95 Å². The number of rotatable bonds is 4. The van der Waals surface area contributed by atoms with E-state index in [1.807, 2.05) is 57.2 Å². The molecule has 0 spiro atoms. The van der Waals surface area contributed by atoms with Crippen LogP contribution in [0.1, 0.15) is 46.2 Å². The number of hydrogen-bond acceptors (Lipinski definition) is 6. The normalized spacial score (nSPS) is 15.8. The van der Waals surface area contributed by atoms with Gasteiger partial charge in [-0.2, -0.15) is 0 Å². The van der Waals surface area contributed by atoms with Crippen molar-refractivity contribution in [2.45, 2.75) is 32.7 Å². The second kappa shape index (κ2) is 8.53. The van der Waals surface area contributed by atoms with Gasteiger partial charge in [0.1, 0.15) is 5.56 Å². The minimum Gasteiger partial charge on any atom is -0.347 e. The molecule has 8 heteroatoms. The number of nitrogens with zero attached hydrogens (tertiary/aromatic N) is 6. The third kappa shape index (κ3) is 3.77. The van der Waals surface area contributed by atoms with Gasteiger partial charge >= 0.3 is 0 Å². The first-order valence-corrected chi connectivity index (χ1v) is 10.7. The minimum atomic E-state index is -0.260. The highest BCUT2D eigenvalue weighted by atomic mass is 16.2. The molecule has 0 aromatic carbocycles. The number of aryl methyl sites for hydroxylation is 2. The first kappa shape index (κ1) is 21.7. The molecule has 0 saturated carbocycles. The lowest BCUT2D eigenvalue weighted by Crippen LogP contribution is -2.37. The van der Waals surface area contributed by atoms with Gasteiger partial charge in [-0.15, -0.1) is 0 Å². The third-order valence-corrected chi connectivity index (χ3v) is 6.11. The summed E-state index contributed by atoms with van der Waals surface area (Å²) in [6.45, 7) is 4.27. The van der Waals surface area contributed by atoms with Crippen LogP contribution in [0.5, 0.6) is 0 Å².